The maximum Gasteiger partial charge on any atom is 0.394 e. The van der Waals surface area contributed by atoms with Crippen LogP contribution in [-0.2, 0) is 4.79 Å². The molecule has 0 aromatic carbocycles. The van der Waals surface area contributed by atoms with Gasteiger partial charge in [-0.25, -0.2) is 0 Å². The summed E-state index contributed by atoms with van der Waals surface area (Å²) in [7, 11) is 0. The molecule has 1 aliphatic rings. The molecule has 0 bridgehead atoms. The lowest BCUT2D eigenvalue weighted by molar-refractivity contribution is -0.187. The Hall–Kier alpha value is -1.90. The van der Waals surface area contributed by atoms with E-state index in [2.05, 4.69) is 0 Å². The Bertz CT molecular complexity index is 625. The summed E-state index contributed by atoms with van der Waals surface area (Å²) >= 11 is 0.885. The number of thiophene rings is 1. The third kappa shape index (κ3) is 3.13. The van der Waals surface area contributed by atoms with Crippen molar-refractivity contribution in [2.24, 2.45) is 11.8 Å². The first-order chi connectivity index (χ1) is 10.1. The normalized spacial score (nSPS) is 21.9. The van der Waals surface area contributed by atoms with Gasteiger partial charge in [0.15, 0.2) is 5.78 Å². The maximum absolute atomic E-state index is 12.9. The van der Waals surface area contributed by atoms with Gasteiger partial charge < -0.3 is 10.0 Å². The predicted molar refractivity (Wildman–Crippen MR) is 70.9 cm³/mol. The highest BCUT2D eigenvalue weighted by atomic mass is 32.1. The van der Waals surface area contributed by atoms with Crippen molar-refractivity contribution < 1.29 is 32.7 Å². The summed E-state index contributed by atoms with van der Waals surface area (Å²) in [6.07, 6.45) is -4.68. The van der Waals surface area contributed by atoms with Gasteiger partial charge in [0.05, 0.1) is 21.6 Å². The number of rotatable bonds is 3. The molecule has 9 heteroatoms. The Morgan fingerprint density at radius 2 is 1.82 bits per heavy atom. The van der Waals surface area contributed by atoms with Gasteiger partial charge in [0.2, 0.25) is 0 Å². The Morgan fingerprint density at radius 3 is 2.23 bits per heavy atom. The Balaban J connectivity index is 2.20. The highest BCUT2D eigenvalue weighted by Crippen LogP contribution is 2.38. The molecular weight excluding hydrogens is 323 g/mol. The average Bonchev–Trinajstić information content (AvgIpc) is 3.04. The number of halogens is 3. The van der Waals surface area contributed by atoms with Crippen molar-refractivity contribution in [2.45, 2.75) is 13.1 Å². The van der Waals surface area contributed by atoms with E-state index in [0.717, 1.165) is 16.2 Å². The lowest BCUT2D eigenvalue weighted by Gasteiger charge is -2.18. The third-order valence-electron chi connectivity index (χ3n) is 3.51. The van der Waals surface area contributed by atoms with Crippen molar-refractivity contribution in [3.8, 4) is 0 Å². The monoisotopic (exact) mass is 335 g/mol. The molecule has 1 aromatic heterocycles. The number of carboxylic acid groups (broad SMARTS) is 1. The number of alkyl halides is 3. The van der Waals surface area contributed by atoms with E-state index in [1.807, 2.05) is 0 Å². The molecule has 120 valence electrons. The summed E-state index contributed by atoms with van der Waals surface area (Å²) in [5.41, 5.74) is 0. The van der Waals surface area contributed by atoms with Gasteiger partial charge in [0.25, 0.3) is 5.91 Å². The molecule has 0 unspecified atom stereocenters. The summed E-state index contributed by atoms with van der Waals surface area (Å²) in [5, 5.41) is 8.91. The van der Waals surface area contributed by atoms with E-state index in [0.29, 0.717) is 4.88 Å². The molecule has 2 atom stereocenters. The fourth-order valence-electron chi connectivity index (χ4n) is 2.35. The number of hydrogen-bond donors (Lipinski definition) is 1. The largest absolute Gasteiger partial charge is 0.481 e. The Kier molecular flexibility index (Phi) is 4.28. The molecule has 1 saturated heterocycles. The molecule has 5 nitrogen and oxygen atoms in total. The molecule has 0 aliphatic carbocycles. The SMILES string of the molecule is CC(=O)c1ccc(C(=O)N2C[C@@H](C(F)(F)F)[C@H](C(=O)O)C2)s1. The summed E-state index contributed by atoms with van der Waals surface area (Å²) in [4.78, 5) is 35.7. The zero-order chi connectivity index (χ0) is 16.7. The fraction of sp³-hybridized carbons (Fsp3) is 0.462. The number of amides is 1. The first kappa shape index (κ1) is 16.5. The predicted octanol–water partition coefficient (Wildman–Crippen LogP) is 2.29. The van der Waals surface area contributed by atoms with Crippen LogP contribution in [0.2, 0.25) is 0 Å². The average molecular weight is 335 g/mol. The van der Waals surface area contributed by atoms with Crippen molar-refractivity contribution in [3.63, 3.8) is 0 Å². The molecule has 0 saturated carbocycles. The minimum absolute atomic E-state index is 0.122. The van der Waals surface area contributed by atoms with Crippen molar-refractivity contribution in [1.29, 1.82) is 0 Å². The van der Waals surface area contributed by atoms with Crippen LogP contribution >= 0.6 is 11.3 Å². The van der Waals surface area contributed by atoms with Gasteiger partial charge in [0, 0.05) is 13.1 Å². The molecule has 2 rings (SSSR count). The van der Waals surface area contributed by atoms with Gasteiger partial charge in [-0.1, -0.05) is 0 Å². The van der Waals surface area contributed by atoms with Gasteiger partial charge in [-0.15, -0.1) is 11.3 Å². The minimum Gasteiger partial charge on any atom is -0.481 e. The second-order valence-electron chi connectivity index (χ2n) is 5.02. The van der Waals surface area contributed by atoms with Crippen LogP contribution < -0.4 is 0 Å². The summed E-state index contributed by atoms with van der Waals surface area (Å²) in [5.74, 6) is -6.26. The first-order valence-electron chi connectivity index (χ1n) is 6.31. The van der Waals surface area contributed by atoms with Crippen LogP contribution in [0.15, 0.2) is 12.1 Å². The van der Waals surface area contributed by atoms with E-state index in [4.69, 9.17) is 5.11 Å². The van der Waals surface area contributed by atoms with Crippen LogP contribution in [0.25, 0.3) is 0 Å². The van der Waals surface area contributed by atoms with E-state index in [1.54, 1.807) is 0 Å². The molecule has 1 aliphatic heterocycles. The molecule has 1 N–H and O–H groups in total. The molecular formula is C13H12F3NO4S. The van der Waals surface area contributed by atoms with E-state index in [1.165, 1.54) is 19.1 Å². The van der Waals surface area contributed by atoms with Gasteiger partial charge in [0.1, 0.15) is 0 Å². The van der Waals surface area contributed by atoms with Crippen LogP contribution in [-0.4, -0.2) is 46.9 Å². The van der Waals surface area contributed by atoms with Gasteiger partial charge >= 0.3 is 12.1 Å². The highest BCUT2D eigenvalue weighted by molar-refractivity contribution is 7.15. The minimum atomic E-state index is -4.68. The lowest BCUT2D eigenvalue weighted by atomic mass is 9.96. The fourth-order valence-corrected chi connectivity index (χ4v) is 3.22. The molecule has 0 radical (unpaired) electrons. The third-order valence-corrected chi connectivity index (χ3v) is 4.68. The van der Waals surface area contributed by atoms with E-state index < -0.39 is 43.0 Å². The van der Waals surface area contributed by atoms with E-state index in [9.17, 15) is 27.6 Å². The van der Waals surface area contributed by atoms with E-state index in [-0.39, 0.29) is 10.7 Å². The summed E-state index contributed by atoms with van der Waals surface area (Å²) in [6.45, 7) is 0.133. The lowest BCUT2D eigenvalue weighted by Crippen LogP contribution is -2.34. The van der Waals surface area contributed by atoms with Crippen molar-refractivity contribution in [2.75, 3.05) is 13.1 Å². The molecule has 0 spiro atoms. The van der Waals surface area contributed by atoms with Crippen LogP contribution in [0, 0.1) is 11.8 Å². The number of ketones is 1. The number of aliphatic carboxylic acids is 1. The number of carbonyl (C=O) groups excluding carboxylic acids is 2. The zero-order valence-corrected chi connectivity index (χ0v) is 12.2. The molecule has 1 amide bonds. The molecule has 22 heavy (non-hydrogen) atoms. The van der Waals surface area contributed by atoms with Crippen molar-refractivity contribution in [3.05, 3.63) is 21.9 Å². The van der Waals surface area contributed by atoms with E-state index >= 15 is 0 Å². The number of Topliss-reactive ketones (excluding diaryl/α,β-unsaturated/α-hetero) is 1. The molecule has 1 aromatic rings. The number of nitrogens with zero attached hydrogens (tertiary/aromatic N) is 1. The second kappa shape index (κ2) is 5.71. The zero-order valence-electron chi connectivity index (χ0n) is 11.4. The number of likely N-dealkylation sites (tertiary alicyclic amines) is 1. The van der Waals surface area contributed by atoms with Crippen LogP contribution in [0.4, 0.5) is 13.2 Å². The number of carboxylic acids is 1. The quantitative estimate of drug-likeness (QED) is 0.860. The Labute approximate surface area is 127 Å². The summed E-state index contributed by atoms with van der Waals surface area (Å²) in [6, 6.07) is 2.78. The molecule has 1 fully saturated rings. The van der Waals surface area contributed by atoms with Crippen molar-refractivity contribution >= 4 is 29.0 Å². The Morgan fingerprint density at radius 1 is 1.23 bits per heavy atom. The standard InChI is InChI=1S/C13H12F3NO4S/c1-6(18)9-2-3-10(22-9)11(19)17-4-7(12(20)21)8(5-17)13(14,15)16/h2-3,7-8H,4-5H2,1H3,(H,20,21)/t7-,8-/m1/s1. The van der Waals surface area contributed by atoms with Gasteiger partial charge in [-0.3, -0.25) is 14.4 Å². The van der Waals surface area contributed by atoms with Crippen LogP contribution in [0.1, 0.15) is 26.3 Å². The molecule has 2 heterocycles. The van der Waals surface area contributed by atoms with Crippen LogP contribution in [0.3, 0.4) is 0 Å². The number of hydrogen-bond acceptors (Lipinski definition) is 4. The maximum atomic E-state index is 12.9. The smallest absolute Gasteiger partial charge is 0.394 e. The van der Waals surface area contributed by atoms with Gasteiger partial charge in [-0.05, 0) is 19.1 Å². The summed E-state index contributed by atoms with van der Waals surface area (Å²) < 4.78 is 38.6. The van der Waals surface area contributed by atoms with Crippen molar-refractivity contribution in [1.82, 2.24) is 4.90 Å². The second-order valence-corrected chi connectivity index (χ2v) is 6.11. The van der Waals surface area contributed by atoms with Crippen LogP contribution in [0.5, 0.6) is 0 Å². The highest BCUT2D eigenvalue weighted by Gasteiger charge is 2.53. The first-order valence-corrected chi connectivity index (χ1v) is 7.12. The topological polar surface area (TPSA) is 74.7 Å². The van der Waals surface area contributed by atoms with Gasteiger partial charge in [-0.2, -0.15) is 13.2 Å². The number of carbonyl (C=O) groups is 3.